The summed E-state index contributed by atoms with van der Waals surface area (Å²) in [5.74, 6) is -0.395. The van der Waals surface area contributed by atoms with E-state index in [1.165, 1.54) is 28.1 Å². The largest absolute Gasteiger partial charge is 0.345 e. The molecule has 168 valence electrons. The molecule has 1 N–H and O–H groups in total. The molecule has 0 radical (unpaired) electrons. The van der Waals surface area contributed by atoms with Crippen molar-refractivity contribution in [1.82, 2.24) is 9.62 Å². The Bertz CT molecular complexity index is 1040. The van der Waals surface area contributed by atoms with Gasteiger partial charge in [-0.1, -0.05) is 63.1 Å². The minimum Gasteiger partial charge on any atom is -0.345 e. The maximum Gasteiger partial charge on any atom is 0.253 e. The van der Waals surface area contributed by atoms with Crippen LogP contribution >= 0.6 is 11.6 Å². The van der Waals surface area contributed by atoms with Gasteiger partial charge in [0.2, 0.25) is 10.0 Å². The molecule has 1 aliphatic heterocycles. The number of nitrogens with zero attached hydrogens (tertiary/aromatic N) is 1. The van der Waals surface area contributed by atoms with Crippen LogP contribution in [0, 0.1) is 0 Å². The summed E-state index contributed by atoms with van der Waals surface area (Å²) in [6.07, 6.45) is 2.74. The topological polar surface area (TPSA) is 66.5 Å². The molecule has 2 aromatic rings. The van der Waals surface area contributed by atoms with Crippen LogP contribution in [-0.4, -0.2) is 31.7 Å². The lowest BCUT2D eigenvalue weighted by Gasteiger charge is -2.26. The van der Waals surface area contributed by atoms with Crippen molar-refractivity contribution in [3.05, 3.63) is 64.2 Å². The highest BCUT2D eigenvalue weighted by atomic mass is 35.5. The van der Waals surface area contributed by atoms with Gasteiger partial charge < -0.3 is 5.32 Å². The first-order chi connectivity index (χ1) is 14.5. The van der Waals surface area contributed by atoms with Gasteiger partial charge in [0.05, 0.1) is 21.5 Å². The lowest BCUT2D eigenvalue weighted by molar-refractivity contribution is 0.0940. The van der Waals surface area contributed by atoms with Gasteiger partial charge in [0.15, 0.2) is 0 Å². The van der Waals surface area contributed by atoms with Crippen molar-refractivity contribution >= 4 is 27.5 Å². The molecular weight excluding hydrogens is 432 g/mol. The van der Waals surface area contributed by atoms with Gasteiger partial charge in [0.25, 0.3) is 5.91 Å². The molecule has 0 aliphatic carbocycles. The molecule has 1 atom stereocenters. The van der Waals surface area contributed by atoms with Crippen molar-refractivity contribution in [2.24, 2.45) is 0 Å². The minimum atomic E-state index is -3.64. The summed E-state index contributed by atoms with van der Waals surface area (Å²) < 4.78 is 27.4. The number of hydrogen-bond acceptors (Lipinski definition) is 3. The number of halogens is 1. The molecular formula is C24H31ClN2O3S. The fourth-order valence-electron chi connectivity index (χ4n) is 3.72. The highest BCUT2D eigenvalue weighted by Gasteiger charge is 2.27. The second-order valence-electron chi connectivity index (χ2n) is 9.17. The maximum atomic E-state index is 13.0. The summed E-state index contributed by atoms with van der Waals surface area (Å²) in [5.41, 5.74) is 2.40. The van der Waals surface area contributed by atoms with Crippen molar-refractivity contribution in [2.75, 3.05) is 13.1 Å². The van der Waals surface area contributed by atoms with Crippen LogP contribution in [0.2, 0.25) is 5.02 Å². The molecule has 7 heteroatoms. The Kier molecular flexibility index (Phi) is 7.14. The number of carbonyl (C=O) groups excluding carboxylic acids is 1. The highest BCUT2D eigenvalue weighted by Crippen LogP contribution is 2.27. The van der Waals surface area contributed by atoms with Crippen LogP contribution in [-0.2, 0) is 15.4 Å². The van der Waals surface area contributed by atoms with Crippen LogP contribution in [0.1, 0.15) is 74.5 Å². The number of piperidine rings is 1. The van der Waals surface area contributed by atoms with Crippen molar-refractivity contribution in [3.8, 4) is 0 Å². The third-order valence-electron chi connectivity index (χ3n) is 5.76. The molecule has 0 spiro atoms. The van der Waals surface area contributed by atoms with Crippen molar-refractivity contribution < 1.29 is 13.2 Å². The van der Waals surface area contributed by atoms with E-state index in [0.717, 1.165) is 24.8 Å². The van der Waals surface area contributed by atoms with Crippen LogP contribution in [0.3, 0.4) is 0 Å². The number of sulfonamides is 1. The first-order valence-corrected chi connectivity index (χ1v) is 12.5. The van der Waals surface area contributed by atoms with Gasteiger partial charge in [-0.2, -0.15) is 4.31 Å². The van der Waals surface area contributed by atoms with Gasteiger partial charge >= 0.3 is 0 Å². The summed E-state index contributed by atoms with van der Waals surface area (Å²) in [6, 6.07) is 12.2. The van der Waals surface area contributed by atoms with E-state index in [1.54, 1.807) is 0 Å². The summed E-state index contributed by atoms with van der Waals surface area (Å²) in [7, 11) is -3.64. The van der Waals surface area contributed by atoms with Crippen molar-refractivity contribution in [2.45, 2.75) is 63.3 Å². The van der Waals surface area contributed by atoms with Crippen LogP contribution in [0.15, 0.2) is 47.4 Å². The third kappa shape index (κ3) is 5.48. The predicted octanol–water partition coefficient (Wildman–Crippen LogP) is 5.30. The van der Waals surface area contributed by atoms with E-state index in [9.17, 15) is 13.2 Å². The second-order valence-corrected chi connectivity index (χ2v) is 11.5. The van der Waals surface area contributed by atoms with Gasteiger partial charge in [0.1, 0.15) is 0 Å². The normalized spacial score (nSPS) is 16.7. The Labute approximate surface area is 190 Å². The molecule has 1 unspecified atom stereocenters. The van der Waals surface area contributed by atoms with Crippen LogP contribution < -0.4 is 5.32 Å². The number of hydrogen-bond donors (Lipinski definition) is 1. The SMILES string of the molecule is CC(NC(=O)c1cc(S(=O)(=O)N2CCCCC2)ccc1Cl)c1ccc(C(C)(C)C)cc1. The number of benzene rings is 2. The van der Waals surface area contributed by atoms with Gasteiger partial charge in [0, 0.05) is 13.1 Å². The predicted molar refractivity (Wildman–Crippen MR) is 125 cm³/mol. The van der Waals surface area contributed by atoms with Crippen LogP contribution in [0.5, 0.6) is 0 Å². The van der Waals surface area contributed by atoms with E-state index >= 15 is 0 Å². The van der Waals surface area contributed by atoms with Crippen LogP contribution in [0.4, 0.5) is 0 Å². The lowest BCUT2D eigenvalue weighted by atomic mass is 9.86. The third-order valence-corrected chi connectivity index (χ3v) is 7.98. The smallest absolute Gasteiger partial charge is 0.253 e. The number of carbonyl (C=O) groups is 1. The number of amides is 1. The van der Waals surface area contributed by atoms with Gasteiger partial charge in [-0.25, -0.2) is 8.42 Å². The molecule has 1 heterocycles. The Balaban J connectivity index is 1.79. The summed E-state index contributed by atoms with van der Waals surface area (Å²) in [6.45, 7) is 9.37. The average Bonchev–Trinajstić information content (AvgIpc) is 2.74. The molecule has 1 aliphatic rings. The van der Waals surface area contributed by atoms with Crippen molar-refractivity contribution in [1.29, 1.82) is 0 Å². The molecule has 2 aromatic carbocycles. The molecule has 3 rings (SSSR count). The van der Waals surface area contributed by atoms with E-state index in [2.05, 4.69) is 38.2 Å². The Hall–Kier alpha value is -1.89. The van der Waals surface area contributed by atoms with E-state index in [1.807, 2.05) is 19.1 Å². The quantitative estimate of drug-likeness (QED) is 0.655. The standard InChI is InChI=1S/C24H31ClN2O3S/c1-17(18-8-10-19(11-9-18)24(2,3)4)26-23(28)21-16-20(12-13-22(21)25)31(29,30)27-14-6-5-7-15-27/h8-13,16-17H,5-7,14-15H2,1-4H3,(H,26,28). The molecule has 1 fully saturated rings. The summed E-state index contributed by atoms with van der Waals surface area (Å²) >= 11 is 6.26. The zero-order valence-electron chi connectivity index (χ0n) is 18.6. The van der Waals surface area contributed by atoms with E-state index in [4.69, 9.17) is 11.6 Å². The fraction of sp³-hybridized carbons (Fsp3) is 0.458. The minimum absolute atomic E-state index is 0.0544. The molecule has 0 bridgehead atoms. The molecule has 5 nitrogen and oxygen atoms in total. The van der Waals surface area contributed by atoms with Crippen LogP contribution in [0.25, 0.3) is 0 Å². The Morgan fingerprint density at radius 3 is 2.23 bits per heavy atom. The van der Waals surface area contributed by atoms with E-state index in [0.29, 0.717) is 13.1 Å². The average molecular weight is 463 g/mol. The van der Waals surface area contributed by atoms with Gasteiger partial charge in [-0.3, -0.25) is 4.79 Å². The van der Waals surface area contributed by atoms with Crippen molar-refractivity contribution in [3.63, 3.8) is 0 Å². The van der Waals surface area contributed by atoms with Gasteiger partial charge in [-0.05, 0) is 54.5 Å². The summed E-state index contributed by atoms with van der Waals surface area (Å²) in [5, 5.41) is 3.17. The van der Waals surface area contributed by atoms with Gasteiger partial charge in [-0.15, -0.1) is 0 Å². The fourth-order valence-corrected chi connectivity index (χ4v) is 5.47. The Morgan fingerprint density at radius 1 is 1.03 bits per heavy atom. The first-order valence-electron chi connectivity index (χ1n) is 10.7. The zero-order chi connectivity index (χ0) is 22.8. The number of rotatable bonds is 5. The summed E-state index contributed by atoms with van der Waals surface area (Å²) in [4.78, 5) is 13.0. The highest BCUT2D eigenvalue weighted by molar-refractivity contribution is 7.89. The van der Waals surface area contributed by atoms with E-state index in [-0.39, 0.29) is 26.9 Å². The molecule has 1 amide bonds. The maximum absolute atomic E-state index is 13.0. The first kappa shape index (κ1) is 23.8. The molecule has 31 heavy (non-hydrogen) atoms. The Morgan fingerprint density at radius 2 is 1.65 bits per heavy atom. The molecule has 1 saturated heterocycles. The second kappa shape index (κ2) is 9.31. The lowest BCUT2D eigenvalue weighted by Crippen LogP contribution is -2.35. The molecule has 0 aromatic heterocycles. The molecule has 0 saturated carbocycles. The monoisotopic (exact) mass is 462 g/mol. The number of nitrogens with one attached hydrogen (secondary N) is 1. The van der Waals surface area contributed by atoms with E-state index < -0.39 is 15.9 Å². The zero-order valence-corrected chi connectivity index (χ0v) is 20.2.